The van der Waals surface area contributed by atoms with Crippen LogP contribution in [0.1, 0.15) is 26.7 Å². The Kier molecular flexibility index (Phi) is 5.09. The maximum Gasteiger partial charge on any atom is 0.246 e. The SMILES string of the molecule is CC(C)C1CCN(S(=O)(=O)c2cnn(CCCl)c2)CC1. The average Bonchev–Trinajstić information content (AvgIpc) is 2.88. The summed E-state index contributed by atoms with van der Waals surface area (Å²) in [6, 6.07) is 0. The van der Waals surface area contributed by atoms with Gasteiger partial charge in [-0.3, -0.25) is 4.68 Å². The summed E-state index contributed by atoms with van der Waals surface area (Å²) in [4.78, 5) is 0.269. The second-order valence-electron chi connectivity index (χ2n) is 5.61. The molecule has 1 fully saturated rings. The van der Waals surface area contributed by atoms with E-state index in [9.17, 15) is 8.42 Å². The van der Waals surface area contributed by atoms with Crippen molar-refractivity contribution < 1.29 is 8.42 Å². The van der Waals surface area contributed by atoms with E-state index in [0.717, 1.165) is 12.8 Å². The minimum absolute atomic E-state index is 0.269. The Labute approximate surface area is 126 Å². The Morgan fingerprint density at radius 2 is 2.05 bits per heavy atom. The fourth-order valence-electron chi connectivity index (χ4n) is 2.62. The van der Waals surface area contributed by atoms with Crippen molar-refractivity contribution in [2.75, 3.05) is 19.0 Å². The van der Waals surface area contributed by atoms with Crippen molar-refractivity contribution in [1.82, 2.24) is 14.1 Å². The van der Waals surface area contributed by atoms with Crippen LogP contribution in [0.15, 0.2) is 17.3 Å². The number of sulfonamides is 1. The molecule has 0 saturated carbocycles. The van der Waals surface area contributed by atoms with E-state index in [1.807, 2.05) is 0 Å². The maximum atomic E-state index is 12.5. The molecule has 1 aliphatic heterocycles. The predicted octanol–water partition coefficient (Wildman–Crippen LogP) is 2.18. The monoisotopic (exact) mass is 319 g/mol. The van der Waals surface area contributed by atoms with Crippen molar-refractivity contribution in [2.45, 2.75) is 38.1 Å². The van der Waals surface area contributed by atoms with Crippen molar-refractivity contribution in [3.8, 4) is 0 Å². The highest BCUT2D eigenvalue weighted by Gasteiger charge is 2.31. The minimum atomic E-state index is -3.40. The van der Waals surface area contributed by atoms with Gasteiger partial charge in [-0.05, 0) is 24.7 Å². The van der Waals surface area contributed by atoms with E-state index in [-0.39, 0.29) is 4.90 Å². The third kappa shape index (κ3) is 3.35. The zero-order chi connectivity index (χ0) is 14.8. The summed E-state index contributed by atoms with van der Waals surface area (Å²) in [6.07, 6.45) is 4.85. The minimum Gasteiger partial charge on any atom is -0.270 e. The molecular weight excluding hydrogens is 298 g/mol. The molecule has 2 heterocycles. The van der Waals surface area contributed by atoms with Gasteiger partial charge in [0.25, 0.3) is 0 Å². The van der Waals surface area contributed by atoms with E-state index < -0.39 is 10.0 Å². The van der Waals surface area contributed by atoms with Crippen LogP contribution in [0, 0.1) is 11.8 Å². The van der Waals surface area contributed by atoms with E-state index in [1.54, 1.807) is 15.2 Å². The van der Waals surface area contributed by atoms with Gasteiger partial charge in [0.1, 0.15) is 4.90 Å². The van der Waals surface area contributed by atoms with Crippen molar-refractivity contribution in [1.29, 1.82) is 0 Å². The molecule has 0 N–H and O–H groups in total. The van der Waals surface area contributed by atoms with E-state index in [4.69, 9.17) is 11.6 Å². The Balaban J connectivity index is 2.07. The molecule has 0 amide bonds. The molecule has 5 nitrogen and oxygen atoms in total. The van der Waals surface area contributed by atoms with E-state index in [0.29, 0.717) is 37.4 Å². The van der Waals surface area contributed by atoms with E-state index in [1.165, 1.54) is 6.20 Å². The van der Waals surface area contributed by atoms with Crippen LogP contribution < -0.4 is 0 Å². The van der Waals surface area contributed by atoms with Gasteiger partial charge in [0.05, 0.1) is 12.7 Å². The number of aromatic nitrogens is 2. The van der Waals surface area contributed by atoms with Crippen LogP contribution in [0.25, 0.3) is 0 Å². The van der Waals surface area contributed by atoms with Crippen molar-refractivity contribution in [2.24, 2.45) is 11.8 Å². The second kappa shape index (κ2) is 6.45. The molecule has 0 bridgehead atoms. The molecule has 1 aromatic rings. The summed E-state index contributed by atoms with van der Waals surface area (Å²) in [6.45, 7) is 6.13. The molecule has 2 rings (SSSR count). The molecule has 0 atom stereocenters. The number of alkyl halides is 1. The molecule has 20 heavy (non-hydrogen) atoms. The molecule has 0 radical (unpaired) electrons. The summed E-state index contributed by atoms with van der Waals surface area (Å²) in [7, 11) is -3.40. The van der Waals surface area contributed by atoms with Gasteiger partial charge in [0.15, 0.2) is 0 Å². The topological polar surface area (TPSA) is 55.2 Å². The van der Waals surface area contributed by atoms with Crippen LogP contribution in [-0.4, -0.2) is 41.5 Å². The number of hydrogen-bond acceptors (Lipinski definition) is 3. The summed E-state index contributed by atoms with van der Waals surface area (Å²) < 4.78 is 28.2. The molecule has 1 aliphatic rings. The molecule has 114 valence electrons. The van der Waals surface area contributed by atoms with Gasteiger partial charge in [-0.15, -0.1) is 11.6 Å². The van der Waals surface area contributed by atoms with Crippen molar-refractivity contribution >= 4 is 21.6 Å². The van der Waals surface area contributed by atoms with Crippen molar-refractivity contribution in [3.05, 3.63) is 12.4 Å². The van der Waals surface area contributed by atoms with Crippen LogP contribution in [0.5, 0.6) is 0 Å². The maximum absolute atomic E-state index is 12.5. The quantitative estimate of drug-likeness (QED) is 0.782. The van der Waals surface area contributed by atoms with Gasteiger partial charge in [-0.25, -0.2) is 8.42 Å². The predicted molar refractivity (Wildman–Crippen MR) is 79.3 cm³/mol. The number of aryl methyl sites for hydroxylation is 1. The van der Waals surface area contributed by atoms with E-state index >= 15 is 0 Å². The van der Waals surface area contributed by atoms with Crippen LogP contribution in [-0.2, 0) is 16.6 Å². The first-order valence-electron chi connectivity index (χ1n) is 7.03. The summed E-state index contributed by atoms with van der Waals surface area (Å²) in [5.41, 5.74) is 0. The lowest BCUT2D eigenvalue weighted by molar-refractivity contribution is 0.226. The van der Waals surface area contributed by atoms with Gasteiger partial charge in [0, 0.05) is 25.2 Å². The molecule has 0 spiro atoms. The Bertz CT molecular complexity index is 534. The second-order valence-corrected chi connectivity index (χ2v) is 7.93. The Hall–Kier alpha value is -0.590. The largest absolute Gasteiger partial charge is 0.270 e. The highest BCUT2D eigenvalue weighted by atomic mass is 35.5. The molecule has 1 saturated heterocycles. The first-order chi connectivity index (χ1) is 9.45. The molecule has 0 aliphatic carbocycles. The lowest BCUT2D eigenvalue weighted by atomic mass is 9.87. The lowest BCUT2D eigenvalue weighted by Crippen LogP contribution is -2.39. The lowest BCUT2D eigenvalue weighted by Gasteiger charge is -2.32. The number of halogens is 1. The highest BCUT2D eigenvalue weighted by molar-refractivity contribution is 7.89. The highest BCUT2D eigenvalue weighted by Crippen LogP contribution is 2.27. The third-order valence-electron chi connectivity index (χ3n) is 4.00. The fourth-order valence-corrected chi connectivity index (χ4v) is 4.22. The number of hydrogen-bond donors (Lipinski definition) is 0. The zero-order valence-electron chi connectivity index (χ0n) is 12.0. The molecular formula is C13H22ClN3O2S. The van der Waals surface area contributed by atoms with Gasteiger partial charge in [-0.1, -0.05) is 13.8 Å². The molecule has 7 heteroatoms. The van der Waals surface area contributed by atoms with Crippen LogP contribution in [0.2, 0.25) is 0 Å². The molecule has 0 aromatic carbocycles. The summed E-state index contributed by atoms with van der Waals surface area (Å²) >= 11 is 5.63. The Morgan fingerprint density at radius 3 is 2.60 bits per heavy atom. The number of nitrogens with zero attached hydrogens (tertiary/aromatic N) is 3. The smallest absolute Gasteiger partial charge is 0.246 e. The van der Waals surface area contributed by atoms with Crippen molar-refractivity contribution in [3.63, 3.8) is 0 Å². The third-order valence-corrected chi connectivity index (χ3v) is 6.02. The van der Waals surface area contributed by atoms with Gasteiger partial charge >= 0.3 is 0 Å². The van der Waals surface area contributed by atoms with Crippen LogP contribution in [0.3, 0.4) is 0 Å². The molecule has 1 aromatic heterocycles. The molecule has 0 unspecified atom stereocenters. The van der Waals surface area contributed by atoms with Gasteiger partial charge < -0.3 is 0 Å². The number of piperidine rings is 1. The van der Waals surface area contributed by atoms with Crippen LogP contribution in [0.4, 0.5) is 0 Å². The summed E-state index contributed by atoms with van der Waals surface area (Å²) in [5, 5.41) is 4.04. The first kappa shape index (κ1) is 15.8. The standard InChI is InChI=1S/C13H22ClN3O2S/c1-11(2)12-3-6-17(7-4-12)20(18,19)13-9-15-16(10-13)8-5-14/h9-12H,3-8H2,1-2H3. The number of rotatable bonds is 5. The first-order valence-corrected chi connectivity index (χ1v) is 9.01. The fraction of sp³-hybridized carbons (Fsp3) is 0.769. The zero-order valence-corrected chi connectivity index (χ0v) is 13.6. The van der Waals surface area contributed by atoms with Gasteiger partial charge in [-0.2, -0.15) is 9.40 Å². The summed E-state index contributed by atoms with van der Waals surface area (Å²) in [5.74, 6) is 1.66. The van der Waals surface area contributed by atoms with Crippen LogP contribution >= 0.6 is 11.6 Å². The average molecular weight is 320 g/mol. The van der Waals surface area contributed by atoms with E-state index in [2.05, 4.69) is 18.9 Å². The van der Waals surface area contributed by atoms with Gasteiger partial charge in [0.2, 0.25) is 10.0 Å². The Morgan fingerprint density at radius 1 is 1.40 bits per heavy atom. The normalized spacial score (nSPS) is 18.8.